The Kier molecular flexibility index (Phi) is 3.43. The molecule has 108 valence electrons. The van der Waals surface area contributed by atoms with E-state index in [9.17, 15) is 0 Å². The molecule has 3 aromatic rings. The molecule has 0 amide bonds. The number of nitrogens with one attached hydrogen (secondary N) is 1. The molecule has 0 atom stereocenters. The smallest absolute Gasteiger partial charge is 0.182 e. The Morgan fingerprint density at radius 1 is 1.00 bits per heavy atom. The molecule has 21 heavy (non-hydrogen) atoms. The van der Waals surface area contributed by atoms with E-state index in [1.54, 1.807) is 14.2 Å². The summed E-state index contributed by atoms with van der Waals surface area (Å²) >= 11 is 5.45. The standard InChI is InChI=1S/C16H16N2O2S/c1-10-4-6-13-12(8-10)17-16(21)18(13)11-5-7-14(19-2)15(9-11)20-3/h4-9H,1-3H3,(H,17,21). The summed E-state index contributed by atoms with van der Waals surface area (Å²) in [6, 6.07) is 12.0. The van der Waals surface area contributed by atoms with Crippen molar-refractivity contribution in [1.82, 2.24) is 9.55 Å². The number of aryl methyl sites for hydroxylation is 1. The van der Waals surface area contributed by atoms with Gasteiger partial charge in [-0.25, -0.2) is 0 Å². The maximum absolute atomic E-state index is 5.45. The highest BCUT2D eigenvalue weighted by molar-refractivity contribution is 7.71. The van der Waals surface area contributed by atoms with Crippen molar-refractivity contribution < 1.29 is 9.47 Å². The van der Waals surface area contributed by atoms with Crippen LogP contribution in [0.4, 0.5) is 0 Å². The zero-order valence-corrected chi connectivity index (χ0v) is 13.0. The maximum Gasteiger partial charge on any atom is 0.182 e. The monoisotopic (exact) mass is 300 g/mol. The quantitative estimate of drug-likeness (QED) is 0.743. The molecule has 4 nitrogen and oxygen atoms in total. The highest BCUT2D eigenvalue weighted by Crippen LogP contribution is 2.30. The van der Waals surface area contributed by atoms with E-state index in [4.69, 9.17) is 21.7 Å². The van der Waals surface area contributed by atoms with Gasteiger partial charge in [0.25, 0.3) is 0 Å². The van der Waals surface area contributed by atoms with Crippen molar-refractivity contribution in [3.63, 3.8) is 0 Å². The van der Waals surface area contributed by atoms with Gasteiger partial charge in [-0.1, -0.05) is 6.07 Å². The number of rotatable bonds is 3. The van der Waals surface area contributed by atoms with E-state index in [1.807, 2.05) is 22.8 Å². The van der Waals surface area contributed by atoms with Crippen molar-refractivity contribution in [2.24, 2.45) is 0 Å². The van der Waals surface area contributed by atoms with Crippen molar-refractivity contribution in [3.05, 3.63) is 46.7 Å². The summed E-state index contributed by atoms with van der Waals surface area (Å²) in [6.45, 7) is 2.06. The van der Waals surface area contributed by atoms with Gasteiger partial charge in [0, 0.05) is 6.07 Å². The molecule has 0 saturated carbocycles. The lowest BCUT2D eigenvalue weighted by molar-refractivity contribution is 0.355. The van der Waals surface area contributed by atoms with Gasteiger partial charge in [0.05, 0.1) is 30.9 Å². The first-order valence-electron chi connectivity index (χ1n) is 6.58. The summed E-state index contributed by atoms with van der Waals surface area (Å²) in [5.41, 5.74) is 4.19. The van der Waals surface area contributed by atoms with Crippen LogP contribution in [-0.4, -0.2) is 23.8 Å². The fourth-order valence-corrected chi connectivity index (χ4v) is 2.76. The summed E-state index contributed by atoms with van der Waals surface area (Å²) in [6.07, 6.45) is 0. The second-order valence-electron chi connectivity index (χ2n) is 4.83. The average Bonchev–Trinajstić information content (AvgIpc) is 2.81. The molecule has 1 heterocycles. The molecule has 0 unspecified atom stereocenters. The van der Waals surface area contributed by atoms with E-state index in [2.05, 4.69) is 30.1 Å². The number of benzene rings is 2. The first kappa shape index (κ1) is 13.7. The first-order valence-corrected chi connectivity index (χ1v) is 6.98. The number of nitrogens with zero attached hydrogens (tertiary/aromatic N) is 1. The minimum atomic E-state index is 0.655. The molecule has 0 fully saturated rings. The van der Waals surface area contributed by atoms with Crippen LogP contribution >= 0.6 is 12.2 Å². The third-order valence-electron chi connectivity index (χ3n) is 3.46. The second-order valence-corrected chi connectivity index (χ2v) is 5.21. The van der Waals surface area contributed by atoms with Crippen LogP contribution in [-0.2, 0) is 0 Å². The summed E-state index contributed by atoms with van der Waals surface area (Å²) in [7, 11) is 3.25. The predicted octanol–water partition coefficient (Wildman–Crippen LogP) is 4.01. The van der Waals surface area contributed by atoms with Crippen molar-refractivity contribution in [1.29, 1.82) is 0 Å². The van der Waals surface area contributed by atoms with Gasteiger partial charge in [0.1, 0.15) is 0 Å². The minimum Gasteiger partial charge on any atom is -0.493 e. The Morgan fingerprint density at radius 3 is 2.48 bits per heavy atom. The zero-order chi connectivity index (χ0) is 15.0. The largest absolute Gasteiger partial charge is 0.493 e. The zero-order valence-electron chi connectivity index (χ0n) is 12.1. The fraction of sp³-hybridized carbons (Fsp3) is 0.188. The van der Waals surface area contributed by atoms with E-state index in [0.29, 0.717) is 16.3 Å². The van der Waals surface area contributed by atoms with Crippen LogP contribution in [0, 0.1) is 11.7 Å². The number of imidazole rings is 1. The van der Waals surface area contributed by atoms with Gasteiger partial charge in [-0.05, 0) is 49.0 Å². The fourth-order valence-electron chi connectivity index (χ4n) is 2.45. The van der Waals surface area contributed by atoms with Crippen LogP contribution in [0.5, 0.6) is 11.5 Å². The van der Waals surface area contributed by atoms with E-state index >= 15 is 0 Å². The molecule has 0 aliphatic carbocycles. The van der Waals surface area contributed by atoms with Gasteiger partial charge in [0.2, 0.25) is 0 Å². The van der Waals surface area contributed by atoms with Crippen molar-refractivity contribution in [2.45, 2.75) is 6.92 Å². The Balaban J connectivity index is 2.25. The Hall–Kier alpha value is -2.27. The van der Waals surface area contributed by atoms with Gasteiger partial charge in [0.15, 0.2) is 16.3 Å². The summed E-state index contributed by atoms with van der Waals surface area (Å²) in [4.78, 5) is 3.24. The molecule has 0 bridgehead atoms. The molecule has 0 radical (unpaired) electrons. The topological polar surface area (TPSA) is 39.2 Å². The molecular formula is C16H16N2O2S. The molecule has 3 rings (SSSR count). The van der Waals surface area contributed by atoms with E-state index in [-0.39, 0.29) is 0 Å². The number of hydrogen-bond acceptors (Lipinski definition) is 3. The number of hydrogen-bond donors (Lipinski definition) is 1. The summed E-state index contributed by atoms with van der Waals surface area (Å²) in [5, 5.41) is 0. The number of ether oxygens (including phenoxy) is 2. The van der Waals surface area contributed by atoms with Crippen molar-refractivity contribution in [3.8, 4) is 17.2 Å². The summed E-state index contributed by atoms with van der Waals surface area (Å²) in [5.74, 6) is 1.38. The van der Waals surface area contributed by atoms with Gasteiger partial charge in [-0.3, -0.25) is 4.57 Å². The summed E-state index contributed by atoms with van der Waals surface area (Å²) < 4.78 is 13.3. The van der Waals surface area contributed by atoms with E-state index < -0.39 is 0 Å². The number of aromatic amines is 1. The number of H-pyrrole nitrogens is 1. The van der Waals surface area contributed by atoms with Gasteiger partial charge in [-0.2, -0.15) is 0 Å². The van der Waals surface area contributed by atoms with Crippen LogP contribution < -0.4 is 9.47 Å². The normalized spacial score (nSPS) is 10.8. The number of methoxy groups -OCH3 is 2. The van der Waals surface area contributed by atoms with E-state index in [1.165, 1.54) is 5.56 Å². The van der Waals surface area contributed by atoms with Crippen molar-refractivity contribution in [2.75, 3.05) is 14.2 Å². The number of fused-ring (bicyclic) bond motifs is 1. The van der Waals surface area contributed by atoms with Gasteiger partial charge >= 0.3 is 0 Å². The van der Waals surface area contributed by atoms with Crippen LogP contribution in [0.1, 0.15) is 5.56 Å². The van der Waals surface area contributed by atoms with Gasteiger partial charge < -0.3 is 14.5 Å². The third-order valence-corrected chi connectivity index (χ3v) is 3.75. The first-order chi connectivity index (χ1) is 10.1. The molecular weight excluding hydrogens is 284 g/mol. The molecule has 0 aliphatic heterocycles. The molecule has 2 aromatic carbocycles. The SMILES string of the molecule is COc1ccc(-n2c(=S)[nH]c3cc(C)ccc32)cc1OC. The van der Waals surface area contributed by atoms with Crippen LogP contribution in [0.15, 0.2) is 36.4 Å². The minimum absolute atomic E-state index is 0.655. The lowest BCUT2D eigenvalue weighted by Crippen LogP contribution is -1.97. The molecule has 0 saturated heterocycles. The van der Waals surface area contributed by atoms with Crippen LogP contribution in [0.2, 0.25) is 0 Å². The lowest BCUT2D eigenvalue weighted by atomic mass is 10.2. The maximum atomic E-state index is 5.45. The molecule has 1 aromatic heterocycles. The molecule has 0 aliphatic rings. The highest BCUT2D eigenvalue weighted by atomic mass is 32.1. The highest BCUT2D eigenvalue weighted by Gasteiger charge is 2.10. The Morgan fingerprint density at radius 2 is 1.76 bits per heavy atom. The Labute approximate surface area is 127 Å². The molecule has 1 N–H and O–H groups in total. The van der Waals surface area contributed by atoms with Crippen molar-refractivity contribution >= 4 is 23.3 Å². The van der Waals surface area contributed by atoms with Crippen LogP contribution in [0.3, 0.4) is 0 Å². The predicted molar refractivity (Wildman–Crippen MR) is 86.3 cm³/mol. The Bertz CT molecular complexity index is 864. The lowest BCUT2D eigenvalue weighted by Gasteiger charge is -2.10. The molecule has 0 spiro atoms. The van der Waals surface area contributed by atoms with E-state index in [0.717, 1.165) is 16.7 Å². The average molecular weight is 300 g/mol. The third kappa shape index (κ3) is 2.29. The second kappa shape index (κ2) is 5.26. The van der Waals surface area contributed by atoms with Gasteiger partial charge in [-0.15, -0.1) is 0 Å². The van der Waals surface area contributed by atoms with Crippen LogP contribution in [0.25, 0.3) is 16.7 Å². The molecule has 5 heteroatoms. The number of aromatic nitrogens is 2.